The van der Waals surface area contributed by atoms with Gasteiger partial charge in [-0.05, 0) is 12.6 Å². The zero-order valence-corrected chi connectivity index (χ0v) is 9.81. The average molecular weight is 219 g/mol. The van der Waals surface area contributed by atoms with Gasteiger partial charge in [0.25, 0.3) is 0 Å². The van der Waals surface area contributed by atoms with Crippen LogP contribution in [0.2, 0.25) is 0 Å². The van der Waals surface area contributed by atoms with Gasteiger partial charge in [-0.2, -0.15) is 5.26 Å². The summed E-state index contributed by atoms with van der Waals surface area (Å²) in [5.74, 6) is 0.665. The first-order valence-corrected chi connectivity index (χ1v) is 5.39. The number of rotatable bonds is 6. The number of hydrogen-bond donors (Lipinski definition) is 0. The van der Waals surface area contributed by atoms with Gasteiger partial charge in [0.1, 0.15) is 0 Å². The van der Waals surface area contributed by atoms with Crippen molar-refractivity contribution in [3.8, 4) is 11.9 Å². The largest absolute Gasteiger partial charge is 0.481 e. The number of ether oxygens (including phenoxy) is 1. The summed E-state index contributed by atoms with van der Waals surface area (Å²) in [4.78, 5) is 6.35. The van der Waals surface area contributed by atoms with Crippen molar-refractivity contribution in [2.45, 2.75) is 19.9 Å². The minimum atomic E-state index is 0.552. The van der Waals surface area contributed by atoms with Crippen LogP contribution in [0.15, 0.2) is 18.3 Å². The lowest BCUT2D eigenvalue weighted by Gasteiger charge is -2.19. The molecule has 0 aromatic carbocycles. The number of hydrogen-bond acceptors (Lipinski definition) is 4. The van der Waals surface area contributed by atoms with Gasteiger partial charge in [-0.15, -0.1) is 0 Å². The molecule has 0 aliphatic carbocycles. The maximum Gasteiger partial charge on any atom is 0.217 e. The molecule has 0 spiro atoms. The molecule has 1 aromatic rings. The molecule has 0 saturated carbocycles. The third-order valence-corrected chi connectivity index (χ3v) is 2.42. The topological polar surface area (TPSA) is 49.2 Å². The molecule has 1 rings (SSSR count). The minimum absolute atomic E-state index is 0.552. The van der Waals surface area contributed by atoms with E-state index in [9.17, 15) is 0 Å². The highest BCUT2D eigenvalue weighted by Gasteiger charge is 2.08. The highest BCUT2D eigenvalue weighted by atomic mass is 16.5. The van der Waals surface area contributed by atoms with Crippen LogP contribution in [0.3, 0.4) is 0 Å². The van der Waals surface area contributed by atoms with Gasteiger partial charge in [0.15, 0.2) is 0 Å². The second-order valence-corrected chi connectivity index (χ2v) is 3.45. The van der Waals surface area contributed by atoms with Gasteiger partial charge in [0.05, 0.1) is 13.2 Å². The molecule has 0 N–H and O–H groups in total. The quantitative estimate of drug-likeness (QED) is 0.732. The maximum atomic E-state index is 8.56. The van der Waals surface area contributed by atoms with Crippen LogP contribution in [0.25, 0.3) is 0 Å². The Labute approximate surface area is 96.5 Å². The lowest BCUT2D eigenvalue weighted by atomic mass is 10.2. The Hall–Kier alpha value is -1.60. The second kappa shape index (κ2) is 6.81. The van der Waals surface area contributed by atoms with E-state index in [1.165, 1.54) is 0 Å². The van der Waals surface area contributed by atoms with Crippen molar-refractivity contribution >= 4 is 0 Å². The molecule has 0 unspecified atom stereocenters. The van der Waals surface area contributed by atoms with Crippen LogP contribution in [-0.2, 0) is 6.54 Å². The van der Waals surface area contributed by atoms with Crippen molar-refractivity contribution in [2.24, 2.45) is 0 Å². The fraction of sp³-hybridized carbons (Fsp3) is 0.500. The van der Waals surface area contributed by atoms with Gasteiger partial charge in [0, 0.05) is 31.3 Å². The summed E-state index contributed by atoms with van der Waals surface area (Å²) < 4.78 is 5.19. The van der Waals surface area contributed by atoms with Crippen LogP contribution in [0, 0.1) is 11.3 Å². The van der Waals surface area contributed by atoms with Crippen molar-refractivity contribution in [3.63, 3.8) is 0 Å². The average Bonchev–Trinajstić information content (AvgIpc) is 2.34. The summed E-state index contributed by atoms with van der Waals surface area (Å²) in [6, 6.07) is 6.06. The van der Waals surface area contributed by atoms with Crippen LogP contribution in [0.1, 0.15) is 18.9 Å². The van der Waals surface area contributed by atoms with Crippen molar-refractivity contribution in [2.75, 3.05) is 20.2 Å². The second-order valence-electron chi connectivity index (χ2n) is 3.45. The SMILES string of the molecule is CCN(CCC#N)Cc1cccnc1OC. The predicted molar refractivity (Wildman–Crippen MR) is 62.0 cm³/mol. The van der Waals surface area contributed by atoms with E-state index in [4.69, 9.17) is 10.00 Å². The van der Waals surface area contributed by atoms with E-state index >= 15 is 0 Å². The molecule has 0 bridgehead atoms. The maximum absolute atomic E-state index is 8.56. The van der Waals surface area contributed by atoms with Crippen LogP contribution in [0.5, 0.6) is 5.88 Å². The molecule has 0 saturated heterocycles. The van der Waals surface area contributed by atoms with E-state index in [0.29, 0.717) is 12.3 Å². The highest BCUT2D eigenvalue weighted by Crippen LogP contribution is 2.15. The molecule has 0 amide bonds. The number of nitriles is 1. The zero-order valence-electron chi connectivity index (χ0n) is 9.81. The van der Waals surface area contributed by atoms with E-state index in [1.54, 1.807) is 13.3 Å². The first-order valence-electron chi connectivity index (χ1n) is 5.39. The molecule has 1 aromatic heterocycles. The fourth-order valence-electron chi connectivity index (χ4n) is 1.53. The Kier molecular flexibility index (Phi) is 5.30. The van der Waals surface area contributed by atoms with Gasteiger partial charge in [-0.3, -0.25) is 4.90 Å². The zero-order chi connectivity index (χ0) is 11.8. The lowest BCUT2D eigenvalue weighted by molar-refractivity contribution is 0.279. The van der Waals surface area contributed by atoms with Gasteiger partial charge in [-0.1, -0.05) is 13.0 Å². The third kappa shape index (κ3) is 3.52. The Morgan fingerprint density at radius 2 is 2.38 bits per heavy atom. The Balaban J connectivity index is 2.66. The van der Waals surface area contributed by atoms with Gasteiger partial charge >= 0.3 is 0 Å². The third-order valence-electron chi connectivity index (χ3n) is 2.42. The molecule has 4 nitrogen and oxygen atoms in total. The predicted octanol–water partition coefficient (Wildman–Crippen LogP) is 1.83. The monoisotopic (exact) mass is 219 g/mol. The van der Waals surface area contributed by atoms with E-state index < -0.39 is 0 Å². The Morgan fingerprint density at radius 3 is 3.00 bits per heavy atom. The molecule has 86 valence electrons. The normalized spacial score (nSPS) is 10.1. The van der Waals surface area contributed by atoms with Gasteiger partial charge in [-0.25, -0.2) is 4.98 Å². The lowest BCUT2D eigenvalue weighted by Crippen LogP contribution is -2.24. The smallest absolute Gasteiger partial charge is 0.217 e. The molecule has 0 atom stereocenters. The number of nitrogens with zero attached hydrogens (tertiary/aromatic N) is 3. The Morgan fingerprint density at radius 1 is 1.56 bits per heavy atom. The first-order chi connectivity index (χ1) is 7.81. The van der Waals surface area contributed by atoms with E-state index in [1.807, 2.05) is 12.1 Å². The van der Waals surface area contributed by atoms with E-state index in [2.05, 4.69) is 22.9 Å². The van der Waals surface area contributed by atoms with Crippen molar-refractivity contribution in [1.29, 1.82) is 5.26 Å². The fourth-order valence-corrected chi connectivity index (χ4v) is 1.53. The number of methoxy groups -OCH3 is 1. The first kappa shape index (κ1) is 12.5. The summed E-state index contributed by atoms with van der Waals surface area (Å²) in [6.45, 7) is 4.56. The molecule has 0 aliphatic rings. The molecule has 0 radical (unpaired) electrons. The standard InChI is InChI=1S/C12H17N3O/c1-3-15(9-5-7-13)10-11-6-4-8-14-12(11)16-2/h4,6,8H,3,5,9-10H2,1-2H3. The van der Waals surface area contributed by atoms with Crippen LogP contribution in [0.4, 0.5) is 0 Å². The summed E-state index contributed by atoms with van der Waals surface area (Å²) in [7, 11) is 1.62. The van der Waals surface area contributed by atoms with E-state index in [0.717, 1.165) is 25.2 Å². The molecule has 4 heteroatoms. The highest BCUT2D eigenvalue weighted by molar-refractivity contribution is 5.25. The summed E-state index contributed by atoms with van der Waals surface area (Å²) in [5.41, 5.74) is 1.06. The molecular weight excluding hydrogens is 202 g/mol. The minimum Gasteiger partial charge on any atom is -0.481 e. The summed E-state index contributed by atoms with van der Waals surface area (Å²) >= 11 is 0. The summed E-state index contributed by atoms with van der Waals surface area (Å²) in [5, 5.41) is 8.56. The molecule has 0 fully saturated rings. The molecule has 1 heterocycles. The Bertz CT molecular complexity index is 360. The molecule has 0 aliphatic heterocycles. The van der Waals surface area contributed by atoms with Crippen molar-refractivity contribution in [3.05, 3.63) is 23.9 Å². The number of aromatic nitrogens is 1. The van der Waals surface area contributed by atoms with Crippen LogP contribution < -0.4 is 4.74 Å². The van der Waals surface area contributed by atoms with Gasteiger partial charge in [0.2, 0.25) is 5.88 Å². The van der Waals surface area contributed by atoms with Crippen molar-refractivity contribution < 1.29 is 4.74 Å². The van der Waals surface area contributed by atoms with Gasteiger partial charge < -0.3 is 4.74 Å². The van der Waals surface area contributed by atoms with Crippen LogP contribution in [-0.4, -0.2) is 30.1 Å². The molecule has 16 heavy (non-hydrogen) atoms. The van der Waals surface area contributed by atoms with Crippen molar-refractivity contribution in [1.82, 2.24) is 9.88 Å². The number of pyridine rings is 1. The summed E-state index contributed by atoms with van der Waals surface area (Å²) in [6.07, 6.45) is 2.27. The molecular formula is C12H17N3O. The van der Waals surface area contributed by atoms with Crippen LogP contribution >= 0.6 is 0 Å². The van der Waals surface area contributed by atoms with E-state index in [-0.39, 0.29) is 0 Å².